The van der Waals surface area contributed by atoms with Gasteiger partial charge in [-0.1, -0.05) is 97.6 Å². The van der Waals surface area contributed by atoms with Crippen molar-refractivity contribution < 1.29 is 28.5 Å². The fourth-order valence-corrected chi connectivity index (χ4v) is 6.64. The first-order chi connectivity index (χ1) is 26.0. The van der Waals surface area contributed by atoms with Crippen LogP contribution in [0.1, 0.15) is 45.2 Å². The van der Waals surface area contributed by atoms with Crippen molar-refractivity contribution in [2.24, 2.45) is 0 Å². The van der Waals surface area contributed by atoms with Gasteiger partial charge in [-0.15, -0.1) is 19.7 Å². The van der Waals surface area contributed by atoms with Crippen LogP contribution in [0.4, 0.5) is 0 Å². The Hall–Kier alpha value is -5.25. The molecule has 0 bridgehead atoms. The number of ether oxygens (including phenoxy) is 5. The van der Waals surface area contributed by atoms with Crippen LogP contribution in [-0.2, 0) is 32.1 Å². The van der Waals surface area contributed by atoms with Gasteiger partial charge in [0.15, 0.2) is 13.6 Å². The van der Waals surface area contributed by atoms with E-state index < -0.39 is 0 Å². The Labute approximate surface area is 314 Å². The maximum atomic E-state index is 12.2. The van der Waals surface area contributed by atoms with Gasteiger partial charge in [0, 0.05) is 38.0 Å². The van der Waals surface area contributed by atoms with Crippen LogP contribution in [0.2, 0.25) is 0 Å². The third-order valence-corrected chi connectivity index (χ3v) is 9.07. The molecule has 4 aromatic carbocycles. The Morgan fingerprint density at radius 3 is 1.68 bits per heavy atom. The highest BCUT2D eigenvalue weighted by Gasteiger charge is 2.29. The number of nitrogens with zero attached hydrogens (tertiary/aromatic N) is 2. The van der Waals surface area contributed by atoms with Gasteiger partial charge in [0.25, 0.3) is 0 Å². The number of benzene rings is 4. The first-order valence-corrected chi connectivity index (χ1v) is 17.8. The smallest absolute Gasteiger partial charge is 0.246 e. The lowest BCUT2D eigenvalue weighted by Gasteiger charge is -2.34. The topological polar surface area (TPSA) is 69.7 Å². The molecular weight excluding hydrogens is 665 g/mol. The van der Waals surface area contributed by atoms with Crippen molar-refractivity contribution >= 4 is 5.91 Å². The minimum absolute atomic E-state index is 0.0465. The van der Waals surface area contributed by atoms with E-state index in [1.807, 2.05) is 47.4 Å². The molecule has 0 radical (unpaired) electrons. The number of carbonyl (C=O) groups is 1. The first kappa shape index (κ1) is 39.0. The molecule has 0 spiro atoms. The van der Waals surface area contributed by atoms with Crippen LogP contribution in [0.15, 0.2) is 148 Å². The summed E-state index contributed by atoms with van der Waals surface area (Å²) < 4.78 is 27.7. The van der Waals surface area contributed by atoms with E-state index in [1.54, 1.807) is 18.2 Å². The SMILES string of the molecule is C=CCOCOc1cccc([C@@H]2CN(COCC=C)Cc3ccccc32)c1.C=CCOCOc1cccc([C@H]2CN(C(=O)C=C)Cc3ccccc32)c1. The number of carbonyl (C=O) groups excluding carboxylic acids is 1. The molecule has 0 unspecified atom stereocenters. The second-order valence-corrected chi connectivity index (χ2v) is 12.7. The third-order valence-electron chi connectivity index (χ3n) is 9.07. The highest BCUT2D eigenvalue weighted by Crippen LogP contribution is 2.36. The molecule has 2 aliphatic rings. The second-order valence-electron chi connectivity index (χ2n) is 12.7. The van der Waals surface area contributed by atoms with Crippen LogP contribution in [-0.4, -0.2) is 68.9 Å². The maximum Gasteiger partial charge on any atom is 0.246 e. The standard InChI is InChI=1S/C23H27NO3.C22H23NO3/c1-3-12-25-17-24-15-20-8-5-6-11-22(20)23(16-24)19-9-7-10-21(14-19)27-18-26-13-4-2;1-3-12-25-16-26-19-10-7-9-17(13-19)21-15-23(22(24)4-2)14-18-8-5-6-11-20(18)21/h3-11,14,23H,1-2,12-13,15-18H2;3-11,13,21H,1-2,12,14-16H2/t23-;21-/m01/s1. The summed E-state index contributed by atoms with van der Waals surface area (Å²) in [7, 11) is 0. The largest absolute Gasteiger partial charge is 0.468 e. The van der Waals surface area contributed by atoms with Crippen LogP contribution < -0.4 is 9.47 Å². The molecule has 53 heavy (non-hydrogen) atoms. The summed E-state index contributed by atoms with van der Waals surface area (Å²) in [4.78, 5) is 16.3. The van der Waals surface area contributed by atoms with E-state index in [0.29, 0.717) is 39.6 Å². The molecule has 8 heteroatoms. The van der Waals surface area contributed by atoms with Gasteiger partial charge in [-0.3, -0.25) is 9.69 Å². The predicted molar refractivity (Wildman–Crippen MR) is 210 cm³/mol. The Bertz CT molecular complexity index is 1820. The summed E-state index contributed by atoms with van der Waals surface area (Å²) in [6, 6.07) is 33.1. The van der Waals surface area contributed by atoms with Crippen molar-refractivity contribution in [2.45, 2.75) is 24.9 Å². The molecule has 0 N–H and O–H groups in total. The normalized spacial score (nSPS) is 16.2. The van der Waals surface area contributed by atoms with Gasteiger partial charge in [0.05, 0.1) is 26.6 Å². The first-order valence-electron chi connectivity index (χ1n) is 17.8. The highest BCUT2D eigenvalue weighted by molar-refractivity contribution is 5.87. The van der Waals surface area contributed by atoms with Crippen molar-refractivity contribution in [3.05, 3.63) is 181 Å². The summed E-state index contributed by atoms with van der Waals surface area (Å²) in [5.74, 6) is 1.89. The third kappa shape index (κ3) is 11.1. The molecule has 1 amide bonds. The average molecular weight is 715 g/mol. The molecule has 2 aliphatic heterocycles. The maximum absolute atomic E-state index is 12.2. The van der Waals surface area contributed by atoms with E-state index in [1.165, 1.54) is 33.9 Å². The minimum Gasteiger partial charge on any atom is -0.468 e. The van der Waals surface area contributed by atoms with Crippen LogP contribution in [0.5, 0.6) is 11.5 Å². The van der Waals surface area contributed by atoms with Gasteiger partial charge in [0.1, 0.15) is 11.5 Å². The molecule has 276 valence electrons. The quantitative estimate of drug-likeness (QED) is 0.0473. The van der Waals surface area contributed by atoms with E-state index in [-0.39, 0.29) is 31.3 Å². The van der Waals surface area contributed by atoms with E-state index in [4.69, 9.17) is 23.7 Å². The van der Waals surface area contributed by atoms with Gasteiger partial charge in [-0.05, 0) is 63.7 Å². The summed E-state index contributed by atoms with van der Waals surface area (Å²) in [5.41, 5.74) is 7.48. The lowest BCUT2D eigenvalue weighted by atomic mass is 9.84. The van der Waals surface area contributed by atoms with Gasteiger partial charge >= 0.3 is 0 Å². The molecule has 0 saturated carbocycles. The highest BCUT2D eigenvalue weighted by atomic mass is 16.7. The van der Waals surface area contributed by atoms with Crippen molar-refractivity contribution in [2.75, 3.05) is 53.2 Å². The van der Waals surface area contributed by atoms with Crippen LogP contribution in [0, 0.1) is 0 Å². The summed E-state index contributed by atoms with van der Waals surface area (Å²) in [6.07, 6.45) is 6.55. The Morgan fingerprint density at radius 1 is 0.623 bits per heavy atom. The van der Waals surface area contributed by atoms with Crippen molar-refractivity contribution in [1.29, 1.82) is 0 Å². The summed E-state index contributed by atoms with van der Waals surface area (Å²) in [5, 5.41) is 0. The number of fused-ring (bicyclic) bond motifs is 2. The number of rotatable bonds is 17. The molecule has 8 nitrogen and oxygen atoms in total. The monoisotopic (exact) mass is 714 g/mol. The molecule has 2 heterocycles. The molecule has 2 atom stereocenters. The van der Waals surface area contributed by atoms with Crippen molar-refractivity contribution in [3.8, 4) is 11.5 Å². The Kier molecular flexibility index (Phi) is 15.2. The van der Waals surface area contributed by atoms with Crippen LogP contribution >= 0.6 is 0 Å². The fourth-order valence-electron chi connectivity index (χ4n) is 6.64. The van der Waals surface area contributed by atoms with E-state index in [9.17, 15) is 4.79 Å². The molecular formula is C45H50N2O6. The zero-order valence-electron chi connectivity index (χ0n) is 30.4. The molecule has 6 rings (SSSR count). The average Bonchev–Trinajstić information content (AvgIpc) is 3.20. The van der Waals surface area contributed by atoms with Gasteiger partial charge < -0.3 is 28.6 Å². The fraction of sp³-hybridized carbons (Fsp3) is 0.267. The number of amides is 1. The molecule has 4 aromatic rings. The van der Waals surface area contributed by atoms with E-state index in [2.05, 4.69) is 85.8 Å². The minimum atomic E-state index is -0.0465. The second kappa shape index (κ2) is 20.7. The van der Waals surface area contributed by atoms with Gasteiger partial charge in [-0.2, -0.15) is 0 Å². The zero-order chi connectivity index (χ0) is 37.3. The van der Waals surface area contributed by atoms with Gasteiger partial charge in [-0.25, -0.2) is 0 Å². The predicted octanol–water partition coefficient (Wildman–Crippen LogP) is 8.22. The zero-order valence-corrected chi connectivity index (χ0v) is 30.4. The Morgan fingerprint density at radius 2 is 1.13 bits per heavy atom. The summed E-state index contributed by atoms with van der Waals surface area (Å²) >= 11 is 0. The van der Waals surface area contributed by atoms with Crippen LogP contribution in [0.25, 0.3) is 0 Å². The van der Waals surface area contributed by atoms with Crippen molar-refractivity contribution in [1.82, 2.24) is 9.80 Å². The Balaban J connectivity index is 0.000000204. The molecule has 0 aromatic heterocycles. The lowest BCUT2D eigenvalue weighted by molar-refractivity contribution is -0.127. The van der Waals surface area contributed by atoms with Crippen molar-refractivity contribution in [3.63, 3.8) is 0 Å². The lowest BCUT2D eigenvalue weighted by Crippen LogP contribution is -2.37. The summed E-state index contributed by atoms with van der Waals surface area (Å²) in [6.45, 7) is 20.1. The van der Waals surface area contributed by atoms with E-state index in [0.717, 1.165) is 30.2 Å². The van der Waals surface area contributed by atoms with Crippen LogP contribution in [0.3, 0.4) is 0 Å². The molecule has 0 fully saturated rings. The molecule has 0 saturated heterocycles. The van der Waals surface area contributed by atoms with Gasteiger partial charge in [0.2, 0.25) is 5.91 Å². The number of hydrogen-bond acceptors (Lipinski definition) is 7. The number of hydrogen-bond donors (Lipinski definition) is 0. The van der Waals surface area contributed by atoms with E-state index >= 15 is 0 Å². The molecule has 0 aliphatic carbocycles.